The molecule has 0 saturated heterocycles. The first-order valence-corrected chi connectivity index (χ1v) is 9.06. The van der Waals surface area contributed by atoms with E-state index < -0.39 is 12.1 Å². The lowest BCUT2D eigenvalue weighted by atomic mass is 10.00. The van der Waals surface area contributed by atoms with E-state index in [2.05, 4.69) is 10.6 Å². The highest BCUT2D eigenvalue weighted by Crippen LogP contribution is 2.36. The zero-order valence-electron chi connectivity index (χ0n) is 14.1. The molecule has 0 bridgehead atoms. The lowest BCUT2D eigenvalue weighted by Gasteiger charge is -2.29. The summed E-state index contributed by atoms with van der Waals surface area (Å²) in [6.45, 7) is 5.64. The molecule has 1 aliphatic rings. The molecule has 7 heteroatoms. The smallest absolute Gasteiger partial charge is 0.407 e. The third kappa shape index (κ3) is 4.63. The predicted octanol–water partition coefficient (Wildman–Crippen LogP) is 3.25. The van der Waals surface area contributed by atoms with Gasteiger partial charge < -0.3 is 15.4 Å². The van der Waals surface area contributed by atoms with E-state index in [9.17, 15) is 14.0 Å². The molecule has 0 aliphatic carbocycles. The van der Waals surface area contributed by atoms with Crippen LogP contribution in [0.2, 0.25) is 0 Å². The number of ether oxygens (including phenoxy) is 1. The van der Waals surface area contributed by atoms with Crippen molar-refractivity contribution in [2.45, 2.75) is 44.2 Å². The first-order chi connectivity index (χ1) is 11.4. The predicted molar refractivity (Wildman–Crippen MR) is 91.4 cm³/mol. The number of halogens is 1. The van der Waals surface area contributed by atoms with Gasteiger partial charge in [-0.15, -0.1) is 11.8 Å². The zero-order valence-corrected chi connectivity index (χ0v) is 14.9. The summed E-state index contributed by atoms with van der Waals surface area (Å²) in [6, 6.07) is 3.68. The van der Waals surface area contributed by atoms with E-state index in [4.69, 9.17) is 4.74 Å². The molecule has 2 amide bonds. The normalized spacial score (nSPS) is 17.8. The minimum absolute atomic E-state index is 0.0978. The zero-order chi connectivity index (χ0) is 17.7. The Kier molecular flexibility index (Phi) is 6.48. The molecular weight excluding hydrogens is 331 g/mol. The van der Waals surface area contributed by atoms with Gasteiger partial charge in [-0.05, 0) is 43.0 Å². The van der Waals surface area contributed by atoms with Gasteiger partial charge >= 0.3 is 6.09 Å². The number of carbonyl (C=O) groups is 2. The van der Waals surface area contributed by atoms with Crippen molar-refractivity contribution < 1.29 is 18.7 Å². The van der Waals surface area contributed by atoms with Crippen molar-refractivity contribution in [1.29, 1.82) is 0 Å². The molecule has 1 aliphatic heterocycles. The SMILES string of the molecule is CCOC(=O)N[C@@H](C(=O)N[C@H]1CCSc2ccc(F)cc21)C(C)C. The Morgan fingerprint density at radius 2 is 2.17 bits per heavy atom. The molecule has 1 aromatic rings. The fourth-order valence-corrected chi connectivity index (χ4v) is 3.72. The number of benzene rings is 1. The van der Waals surface area contributed by atoms with Gasteiger partial charge in [0.05, 0.1) is 12.6 Å². The molecule has 0 aromatic heterocycles. The number of rotatable bonds is 5. The lowest BCUT2D eigenvalue weighted by molar-refractivity contribution is -0.124. The van der Waals surface area contributed by atoms with Crippen LogP contribution in [0.25, 0.3) is 0 Å². The van der Waals surface area contributed by atoms with Crippen LogP contribution >= 0.6 is 11.8 Å². The maximum absolute atomic E-state index is 13.6. The van der Waals surface area contributed by atoms with E-state index in [-0.39, 0.29) is 30.3 Å². The second kappa shape index (κ2) is 8.37. The topological polar surface area (TPSA) is 67.4 Å². The molecule has 0 unspecified atom stereocenters. The van der Waals surface area contributed by atoms with Crippen molar-refractivity contribution in [2.24, 2.45) is 5.92 Å². The Balaban J connectivity index is 2.10. The molecule has 0 radical (unpaired) electrons. The average molecular weight is 354 g/mol. The second-order valence-corrected chi connectivity index (χ2v) is 7.10. The summed E-state index contributed by atoms with van der Waals surface area (Å²) in [5.74, 6) is 0.145. The number of hydrogen-bond donors (Lipinski definition) is 2. The summed E-state index contributed by atoms with van der Waals surface area (Å²) in [6.07, 6.45) is 0.105. The molecular formula is C17H23FN2O3S. The van der Waals surface area contributed by atoms with E-state index in [1.165, 1.54) is 12.1 Å². The van der Waals surface area contributed by atoms with Crippen molar-refractivity contribution in [3.05, 3.63) is 29.6 Å². The monoisotopic (exact) mass is 354 g/mol. The maximum Gasteiger partial charge on any atom is 0.407 e. The Labute approximate surface area is 145 Å². The van der Waals surface area contributed by atoms with E-state index >= 15 is 0 Å². The molecule has 132 valence electrons. The Morgan fingerprint density at radius 3 is 2.83 bits per heavy atom. The van der Waals surface area contributed by atoms with Gasteiger partial charge in [-0.1, -0.05) is 13.8 Å². The number of fused-ring (bicyclic) bond motifs is 1. The van der Waals surface area contributed by atoms with Gasteiger partial charge in [-0.2, -0.15) is 0 Å². The van der Waals surface area contributed by atoms with Gasteiger partial charge in [0.15, 0.2) is 0 Å². The molecule has 0 fully saturated rings. The fourth-order valence-electron chi connectivity index (χ4n) is 2.61. The fraction of sp³-hybridized carbons (Fsp3) is 0.529. The van der Waals surface area contributed by atoms with Gasteiger partial charge in [0, 0.05) is 10.6 Å². The van der Waals surface area contributed by atoms with Crippen molar-refractivity contribution >= 4 is 23.8 Å². The van der Waals surface area contributed by atoms with Gasteiger partial charge in [-0.3, -0.25) is 4.79 Å². The molecule has 24 heavy (non-hydrogen) atoms. The summed E-state index contributed by atoms with van der Waals surface area (Å²) >= 11 is 1.65. The Morgan fingerprint density at radius 1 is 1.42 bits per heavy atom. The number of alkyl carbamates (subject to hydrolysis) is 1. The van der Waals surface area contributed by atoms with Crippen LogP contribution in [-0.2, 0) is 9.53 Å². The highest BCUT2D eigenvalue weighted by atomic mass is 32.2. The minimum atomic E-state index is -0.698. The standard InChI is InChI=1S/C17H23FN2O3S/c1-4-23-17(22)20-15(10(2)3)16(21)19-13-7-8-24-14-6-5-11(18)9-12(13)14/h5-6,9-10,13,15H,4,7-8H2,1-3H3,(H,19,21)(H,20,22)/t13-,15+/m0/s1. The molecule has 5 nitrogen and oxygen atoms in total. The van der Waals surface area contributed by atoms with Crippen LogP contribution in [-0.4, -0.2) is 30.4 Å². The van der Waals surface area contributed by atoms with Crippen LogP contribution in [0.4, 0.5) is 9.18 Å². The van der Waals surface area contributed by atoms with Crippen LogP contribution in [0.15, 0.2) is 23.1 Å². The van der Waals surface area contributed by atoms with Crippen molar-refractivity contribution in [3.8, 4) is 0 Å². The first kappa shape index (κ1) is 18.6. The third-order valence-corrected chi connectivity index (χ3v) is 4.95. The number of carbonyl (C=O) groups excluding carboxylic acids is 2. The van der Waals surface area contributed by atoms with E-state index in [0.717, 1.165) is 22.6 Å². The number of amides is 2. The molecule has 1 heterocycles. The third-order valence-electron chi connectivity index (χ3n) is 3.83. The highest BCUT2D eigenvalue weighted by Gasteiger charge is 2.29. The van der Waals surface area contributed by atoms with Crippen molar-refractivity contribution in [3.63, 3.8) is 0 Å². The number of nitrogens with one attached hydrogen (secondary N) is 2. The van der Waals surface area contributed by atoms with Crippen LogP contribution in [0.3, 0.4) is 0 Å². The van der Waals surface area contributed by atoms with E-state index in [1.807, 2.05) is 13.8 Å². The first-order valence-electron chi connectivity index (χ1n) is 8.08. The summed E-state index contributed by atoms with van der Waals surface area (Å²) in [5, 5.41) is 5.53. The molecule has 1 aromatic carbocycles. The summed E-state index contributed by atoms with van der Waals surface area (Å²) < 4.78 is 18.4. The summed E-state index contributed by atoms with van der Waals surface area (Å²) in [5.41, 5.74) is 0.790. The lowest BCUT2D eigenvalue weighted by Crippen LogP contribution is -2.50. The highest BCUT2D eigenvalue weighted by molar-refractivity contribution is 7.99. The molecule has 0 saturated carbocycles. The molecule has 2 atom stereocenters. The van der Waals surface area contributed by atoms with E-state index in [1.54, 1.807) is 24.8 Å². The molecule has 2 rings (SSSR count). The maximum atomic E-state index is 13.6. The summed E-state index contributed by atoms with van der Waals surface area (Å²) in [7, 11) is 0. The van der Waals surface area contributed by atoms with Crippen LogP contribution < -0.4 is 10.6 Å². The minimum Gasteiger partial charge on any atom is -0.450 e. The second-order valence-electron chi connectivity index (χ2n) is 5.97. The van der Waals surface area contributed by atoms with E-state index in [0.29, 0.717) is 0 Å². The Hall–Kier alpha value is -1.76. The molecule has 2 N–H and O–H groups in total. The van der Waals surface area contributed by atoms with Crippen molar-refractivity contribution in [2.75, 3.05) is 12.4 Å². The largest absolute Gasteiger partial charge is 0.450 e. The van der Waals surface area contributed by atoms with Gasteiger partial charge in [0.25, 0.3) is 0 Å². The van der Waals surface area contributed by atoms with Crippen LogP contribution in [0.5, 0.6) is 0 Å². The van der Waals surface area contributed by atoms with Crippen LogP contribution in [0, 0.1) is 11.7 Å². The summed E-state index contributed by atoms with van der Waals surface area (Å²) in [4.78, 5) is 25.2. The van der Waals surface area contributed by atoms with Crippen LogP contribution in [0.1, 0.15) is 38.8 Å². The number of thioether (sulfide) groups is 1. The average Bonchev–Trinajstić information content (AvgIpc) is 2.53. The quantitative estimate of drug-likeness (QED) is 0.852. The Bertz CT molecular complexity index is 609. The van der Waals surface area contributed by atoms with Crippen molar-refractivity contribution in [1.82, 2.24) is 10.6 Å². The number of hydrogen-bond acceptors (Lipinski definition) is 4. The van der Waals surface area contributed by atoms with Gasteiger partial charge in [-0.25, -0.2) is 9.18 Å². The van der Waals surface area contributed by atoms with Gasteiger partial charge in [0.1, 0.15) is 11.9 Å². The molecule has 0 spiro atoms. The van der Waals surface area contributed by atoms with Gasteiger partial charge in [0.2, 0.25) is 5.91 Å².